The molecule has 0 heterocycles. The maximum Gasteiger partial charge on any atom is 0.269 e. The zero-order chi connectivity index (χ0) is 15.4. The second kappa shape index (κ2) is 5.84. The number of carbonyl (C=O) groups excluding carboxylic acids is 1. The molecule has 0 amide bonds. The molecular weight excluding hydrogens is 272 g/mol. The smallest absolute Gasteiger partial charge is 0.269 e. The third kappa shape index (κ3) is 3.22. The van der Waals surface area contributed by atoms with Crippen molar-refractivity contribution in [2.24, 2.45) is 0 Å². The summed E-state index contributed by atoms with van der Waals surface area (Å²) in [6.45, 7) is 1.39. The molecule has 0 spiro atoms. The van der Waals surface area contributed by atoms with E-state index in [1.807, 2.05) is 6.07 Å². The fourth-order valence-corrected chi connectivity index (χ4v) is 1.73. The van der Waals surface area contributed by atoms with Gasteiger partial charge in [-0.15, -0.1) is 0 Å². The first-order valence-corrected chi connectivity index (χ1v) is 5.98. The highest BCUT2D eigenvalue weighted by Crippen LogP contribution is 2.28. The number of Topliss-reactive ketones (excluding diaryl/α,β-unsaturated/α-hetero) is 1. The molecule has 2 rings (SSSR count). The third-order valence-corrected chi connectivity index (χ3v) is 2.77. The fraction of sp³-hybridized carbons (Fsp3) is 0.0667. The van der Waals surface area contributed by atoms with Gasteiger partial charge in [-0.05, 0) is 37.3 Å². The van der Waals surface area contributed by atoms with Gasteiger partial charge in [-0.3, -0.25) is 14.9 Å². The summed E-state index contributed by atoms with van der Waals surface area (Å²) < 4.78 is 5.55. The molecule has 0 saturated carbocycles. The molecule has 0 radical (unpaired) electrons. The Kier molecular flexibility index (Phi) is 3.95. The molecular formula is C15H10N2O4. The van der Waals surface area contributed by atoms with E-state index >= 15 is 0 Å². The number of ketones is 1. The molecule has 0 saturated heterocycles. The standard InChI is InChI=1S/C15H10N2O4/c1-10(18)14-7-2-11(9-16)8-15(14)21-13-5-3-12(4-6-13)17(19)20/h2-8H,1H3. The maximum atomic E-state index is 11.5. The Hall–Kier alpha value is -3.20. The summed E-state index contributed by atoms with van der Waals surface area (Å²) in [7, 11) is 0. The van der Waals surface area contributed by atoms with Gasteiger partial charge in [-0.2, -0.15) is 5.26 Å². The zero-order valence-electron chi connectivity index (χ0n) is 11.1. The Morgan fingerprint density at radius 3 is 2.43 bits per heavy atom. The lowest BCUT2D eigenvalue weighted by Gasteiger charge is -2.09. The molecule has 0 aromatic heterocycles. The van der Waals surface area contributed by atoms with Crippen LogP contribution in [0.2, 0.25) is 0 Å². The molecule has 0 atom stereocenters. The van der Waals surface area contributed by atoms with E-state index < -0.39 is 4.92 Å². The fourth-order valence-electron chi connectivity index (χ4n) is 1.73. The minimum Gasteiger partial charge on any atom is -0.457 e. The molecule has 6 nitrogen and oxygen atoms in total. The Bertz CT molecular complexity index is 745. The van der Waals surface area contributed by atoms with Crippen molar-refractivity contribution in [1.82, 2.24) is 0 Å². The Morgan fingerprint density at radius 2 is 1.90 bits per heavy atom. The molecule has 0 aliphatic rings. The highest BCUT2D eigenvalue weighted by atomic mass is 16.6. The number of hydrogen-bond donors (Lipinski definition) is 0. The van der Waals surface area contributed by atoms with Crippen LogP contribution in [0.4, 0.5) is 5.69 Å². The molecule has 21 heavy (non-hydrogen) atoms. The molecule has 0 aliphatic carbocycles. The molecule has 2 aromatic rings. The Labute approximate surface area is 120 Å². The van der Waals surface area contributed by atoms with Gasteiger partial charge < -0.3 is 4.74 Å². The van der Waals surface area contributed by atoms with E-state index in [9.17, 15) is 14.9 Å². The first kappa shape index (κ1) is 14.2. The predicted octanol–water partition coefficient (Wildman–Crippen LogP) is 3.46. The molecule has 0 aliphatic heterocycles. The van der Waals surface area contributed by atoms with Crippen molar-refractivity contribution in [2.45, 2.75) is 6.92 Å². The average molecular weight is 282 g/mol. The number of ether oxygens (including phenoxy) is 1. The van der Waals surface area contributed by atoms with E-state index in [0.29, 0.717) is 16.9 Å². The first-order chi connectivity index (χ1) is 10.0. The number of carbonyl (C=O) groups is 1. The van der Waals surface area contributed by atoms with Crippen molar-refractivity contribution in [3.63, 3.8) is 0 Å². The van der Waals surface area contributed by atoms with Crippen molar-refractivity contribution < 1.29 is 14.5 Å². The monoisotopic (exact) mass is 282 g/mol. The number of nitriles is 1. The SMILES string of the molecule is CC(=O)c1ccc(C#N)cc1Oc1ccc([N+](=O)[O-])cc1. The van der Waals surface area contributed by atoms with Gasteiger partial charge in [0, 0.05) is 12.1 Å². The zero-order valence-corrected chi connectivity index (χ0v) is 11.1. The Morgan fingerprint density at radius 1 is 1.24 bits per heavy atom. The molecule has 0 unspecified atom stereocenters. The summed E-state index contributed by atoms with van der Waals surface area (Å²) in [5, 5.41) is 19.5. The van der Waals surface area contributed by atoms with Crippen molar-refractivity contribution in [3.05, 3.63) is 63.7 Å². The van der Waals surface area contributed by atoms with Gasteiger partial charge in [0.1, 0.15) is 11.5 Å². The van der Waals surface area contributed by atoms with E-state index in [2.05, 4.69) is 0 Å². The molecule has 6 heteroatoms. The lowest BCUT2D eigenvalue weighted by molar-refractivity contribution is -0.384. The largest absolute Gasteiger partial charge is 0.457 e. The lowest BCUT2D eigenvalue weighted by Crippen LogP contribution is -1.98. The maximum absolute atomic E-state index is 11.5. The summed E-state index contributed by atoms with van der Waals surface area (Å²) in [4.78, 5) is 21.6. The number of rotatable bonds is 4. The third-order valence-electron chi connectivity index (χ3n) is 2.77. The summed E-state index contributed by atoms with van der Waals surface area (Å²) in [5.74, 6) is 0.394. The quantitative estimate of drug-likeness (QED) is 0.486. The van der Waals surface area contributed by atoms with Crippen molar-refractivity contribution in [3.8, 4) is 17.6 Å². The van der Waals surface area contributed by atoms with Gasteiger partial charge in [0.25, 0.3) is 5.69 Å². The van der Waals surface area contributed by atoms with Crippen LogP contribution >= 0.6 is 0 Å². The van der Waals surface area contributed by atoms with Crippen LogP contribution in [0.15, 0.2) is 42.5 Å². The average Bonchev–Trinajstić information content (AvgIpc) is 2.47. The van der Waals surface area contributed by atoms with E-state index in [-0.39, 0.29) is 17.2 Å². The number of nitro groups is 1. The van der Waals surface area contributed by atoms with E-state index in [0.717, 1.165) is 0 Å². The molecule has 0 bridgehead atoms. The molecule has 0 fully saturated rings. The van der Waals surface area contributed by atoms with Gasteiger partial charge in [-0.25, -0.2) is 0 Å². The normalized spacial score (nSPS) is 9.71. The lowest BCUT2D eigenvalue weighted by atomic mass is 10.1. The molecule has 104 valence electrons. The highest BCUT2D eigenvalue weighted by molar-refractivity contribution is 5.97. The van der Waals surface area contributed by atoms with Crippen molar-refractivity contribution in [2.75, 3.05) is 0 Å². The number of nitrogens with zero attached hydrogens (tertiary/aromatic N) is 2. The van der Waals surface area contributed by atoms with Crippen LogP contribution in [-0.2, 0) is 0 Å². The van der Waals surface area contributed by atoms with Gasteiger partial charge in [0.15, 0.2) is 5.78 Å². The second-order valence-electron chi connectivity index (χ2n) is 4.23. The van der Waals surface area contributed by atoms with Crippen LogP contribution in [0.3, 0.4) is 0 Å². The summed E-state index contributed by atoms with van der Waals surface area (Å²) in [5.41, 5.74) is 0.643. The number of benzene rings is 2. The number of nitro benzene ring substituents is 1. The topological polar surface area (TPSA) is 93.2 Å². The Balaban J connectivity index is 2.36. The minimum atomic E-state index is -0.513. The van der Waals surface area contributed by atoms with Crippen LogP contribution in [0.25, 0.3) is 0 Å². The first-order valence-electron chi connectivity index (χ1n) is 5.98. The van der Waals surface area contributed by atoms with Crippen LogP contribution < -0.4 is 4.74 Å². The number of hydrogen-bond acceptors (Lipinski definition) is 5. The van der Waals surface area contributed by atoms with Gasteiger partial charge in [-0.1, -0.05) is 0 Å². The van der Waals surface area contributed by atoms with Gasteiger partial charge >= 0.3 is 0 Å². The molecule has 0 N–H and O–H groups in total. The van der Waals surface area contributed by atoms with Crippen molar-refractivity contribution in [1.29, 1.82) is 5.26 Å². The minimum absolute atomic E-state index is 0.0556. The van der Waals surface area contributed by atoms with Crippen LogP contribution in [-0.4, -0.2) is 10.7 Å². The van der Waals surface area contributed by atoms with Crippen LogP contribution in [0, 0.1) is 21.4 Å². The summed E-state index contributed by atoms with van der Waals surface area (Å²) in [6.07, 6.45) is 0. The van der Waals surface area contributed by atoms with Crippen LogP contribution in [0.5, 0.6) is 11.5 Å². The van der Waals surface area contributed by atoms with Crippen molar-refractivity contribution >= 4 is 11.5 Å². The second-order valence-corrected chi connectivity index (χ2v) is 4.23. The van der Waals surface area contributed by atoms with Gasteiger partial charge in [0.05, 0.1) is 22.1 Å². The summed E-state index contributed by atoms with van der Waals surface area (Å²) >= 11 is 0. The highest BCUT2D eigenvalue weighted by Gasteiger charge is 2.11. The van der Waals surface area contributed by atoms with Crippen LogP contribution in [0.1, 0.15) is 22.8 Å². The number of non-ortho nitro benzene ring substituents is 1. The van der Waals surface area contributed by atoms with E-state index in [1.54, 1.807) is 0 Å². The van der Waals surface area contributed by atoms with Gasteiger partial charge in [0.2, 0.25) is 0 Å². The van der Waals surface area contributed by atoms with E-state index in [4.69, 9.17) is 10.00 Å². The predicted molar refractivity (Wildman–Crippen MR) is 74.3 cm³/mol. The molecule has 2 aromatic carbocycles. The van der Waals surface area contributed by atoms with E-state index in [1.165, 1.54) is 49.4 Å². The summed E-state index contributed by atoms with van der Waals surface area (Å²) in [6, 6.07) is 11.9.